The number of benzene rings is 2. The van der Waals surface area contributed by atoms with Crippen molar-refractivity contribution in [1.82, 2.24) is 29.9 Å². The lowest BCUT2D eigenvalue weighted by atomic mass is 10.1. The van der Waals surface area contributed by atoms with Gasteiger partial charge in [-0.15, -0.1) is 10.2 Å². The predicted molar refractivity (Wildman–Crippen MR) is 127 cm³/mol. The summed E-state index contributed by atoms with van der Waals surface area (Å²) >= 11 is 7.52. The first-order valence-corrected chi connectivity index (χ1v) is 11.6. The van der Waals surface area contributed by atoms with Gasteiger partial charge in [-0.05, 0) is 18.6 Å². The lowest BCUT2D eigenvalue weighted by molar-refractivity contribution is -0.118. The third-order valence-corrected chi connectivity index (χ3v) is 6.25. The van der Waals surface area contributed by atoms with Gasteiger partial charge in [-0.1, -0.05) is 71.9 Å². The molecule has 1 amide bonds. The molecule has 4 aromatic rings. The van der Waals surface area contributed by atoms with E-state index in [1.807, 2.05) is 79.3 Å². The van der Waals surface area contributed by atoms with E-state index >= 15 is 0 Å². The fourth-order valence-electron chi connectivity index (χ4n) is 3.36. The van der Waals surface area contributed by atoms with Crippen LogP contribution in [-0.4, -0.2) is 36.2 Å². The summed E-state index contributed by atoms with van der Waals surface area (Å²) in [6, 6.07) is 17.5. The number of hydrogen-bond donors (Lipinski definition) is 1. The monoisotopic (exact) mass is 466 g/mol. The first kappa shape index (κ1) is 22.1. The summed E-state index contributed by atoms with van der Waals surface area (Å²) in [5, 5.41) is 17.6. The van der Waals surface area contributed by atoms with Gasteiger partial charge in [0.25, 0.3) is 0 Å². The van der Waals surface area contributed by atoms with Crippen molar-refractivity contribution in [2.75, 3.05) is 5.75 Å². The maximum absolute atomic E-state index is 12.4. The van der Waals surface area contributed by atoms with E-state index in [1.165, 1.54) is 11.8 Å². The quantitative estimate of drug-likeness (QED) is 0.389. The molecule has 2 aromatic carbocycles. The summed E-state index contributed by atoms with van der Waals surface area (Å²) in [6.45, 7) is 3.10. The minimum absolute atomic E-state index is 0.0894. The van der Waals surface area contributed by atoms with Gasteiger partial charge in [-0.3, -0.25) is 9.48 Å². The normalized spacial score (nSPS) is 11.0. The Morgan fingerprint density at radius 1 is 1.09 bits per heavy atom. The summed E-state index contributed by atoms with van der Waals surface area (Å²) in [6.07, 6.45) is 1.95. The van der Waals surface area contributed by atoms with Crippen molar-refractivity contribution in [3.05, 3.63) is 71.4 Å². The average Bonchev–Trinajstić information content (AvgIpc) is 3.40. The molecule has 0 aliphatic carbocycles. The zero-order valence-electron chi connectivity index (χ0n) is 17.8. The third kappa shape index (κ3) is 4.87. The van der Waals surface area contributed by atoms with E-state index in [9.17, 15) is 4.79 Å². The van der Waals surface area contributed by atoms with Crippen LogP contribution in [0, 0.1) is 0 Å². The summed E-state index contributed by atoms with van der Waals surface area (Å²) < 4.78 is 3.79. The van der Waals surface area contributed by atoms with Crippen LogP contribution >= 0.6 is 23.4 Å². The Bertz CT molecular complexity index is 1220. The summed E-state index contributed by atoms with van der Waals surface area (Å²) in [5.74, 6) is 0.883. The number of aromatic nitrogens is 5. The Balaban J connectivity index is 1.49. The first-order valence-electron chi connectivity index (χ1n) is 10.2. The molecule has 0 unspecified atom stereocenters. The van der Waals surface area contributed by atoms with E-state index in [2.05, 4.69) is 20.6 Å². The van der Waals surface area contributed by atoms with E-state index in [4.69, 9.17) is 11.6 Å². The highest BCUT2D eigenvalue weighted by Crippen LogP contribution is 2.31. The van der Waals surface area contributed by atoms with Gasteiger partial charge in [0.05, 0.1) is 11.3 Å². The van der Waals surface area contributed by atoms with Crippen LogP contribution in [0.15, 0.2) is 66.0 Å². The number of halogens is 1. The molecule has 2 heterocycles. The molecule has 0 radical (unpaired) electrons. The van der Waals surface area contributed by atoms with Gasteiger partial charge in [0, 0.05) is 36.9 Å². The van der Waals surface area contributed by atoms with Crippen molar-refractivity contribution in [3.8, 4) is 22.6 Å². The summed E-state index contributed by atoms with van der Waals surface area (Å²) in [7, 11) is 1.89. The molecule has 4 rings (SSSR count). The molecule has 1 N–H and O–H groups in total. The zero-order valence-corrected chi connectivity index (χ0v) is 19.4. The molecule has 0 atom stereocenters. The van der Waals surface area contributed by atoms with Crippen molar-refractivity contribution in [3.63, 3.8) is 0 Å². The number of rotatable bonds is 8. The molecule has 2 aromatic heterocycles. The van der Waals surface area contributed by atoms with Crippen LogP contribution in [-0.2, 0) is 24.9 Å². The maximum Gasteiger partial charge on any atom is 0.230 e. The van der Waals surface area contributed by atoms with Gasteiger partial charge in [0.15, 0.2) is 11.0 Å². The van der Waals surface area contributed by atoms with Crippen molar-refractivity contribution >= 4 is 29.3 Å². The molecule has 164 valence electrons. The van der Waals surface area contributed by atoms with E-state index in [0.717, 1.165) is 28.2 Å². The van der Waals surface area contributed by atoms with Gasteiger partial charge >= 0.3 is 0 Å². The number of nitrogens with zero attached hydrogens (tertiary/aromatic N) is 5. The van der Waals surface area contributed by atoms with Gasteiger partial charge in [-0.25, -0.2) is 0 Å². The van der Waals surface area contributed by atoms with Crippen molar-refractivity contribution in [2.45, 2.75) is 25.2 Å². The van der Waals surface area contributed by atoms with Crippen LogP contribution in [0.3, 0.4) is 0 Å². The SMILES string of the molecule is CCn1c(SCC(=O)NCc2ccccc2Cl)nnc1-c1cn(C)nc1-c1ccccc1. The number of carbonyl (C=O) groups excluding carboxylic acids is 1. The number of thioether (sulfide) groups is 1. The van der Waals surface area contributed by atoms with Crippen LogP contribution in [0.4, 0.5) is 0 Å². The highest BCUT2D eigenvalue weighted by atomic mass is 35.5. The fraction of sp³-hybridized carbons (Fsp3) is 0.217. The van der Waals surface area contributed by atoms with Gasteiger partial charge in [-0.2, -0.15) is 5.10 Å². The lowest BCUT2D eigenvalue weighted by Gasteiger charge is -2.08. The second-order valence-corrected chi connectivity index (χ2v) is 8.49. The standard InChI is InChI=1S/C23H23ClN6OS/c1-3-30-22(18-14-29(2)28-21(18)16-9-5-4-6-10-16)26-27-23(30)32-15-20(31)25-13-17-11-7-8-12-19(17)24/h4-12,14H,3,13,15H2,1-2H3,(H,25,31). The Morgan fingerprint density at radius 2 is 1.84 bits per heavy atom. The molecule has 32 heavy (non-hydrogen) atoms. The van der Waals surface area contributed by atoms with Crippen molar-refractivity contribution in [2.24, 2.45) is 7.05 Å². The Morgan fingerprint density at radius 3 is 2.59 bits per heavy atom. The van der Waals surface area contributed by atoms with Crippen LogP contribution in [0.5, 0.6) is 0 Å². The Kier molecular flexibility index (Phi) is 6.92. The number of nitrogens with one attached hydrogen (secondary N) is 1. The van der Waals surface area contributed by atoms with E-state index in [-0.39, 0.29) is 11.7 Å². The average molecular weight is 467 g/mol. The zero-order chi connectivity index (χ0) is 22.5. The second kappa shape index (κ2) is 10.0. The van der Waals surface area contributed by atoms with Crippen LogP contribution in [0.2, 0.25) is 5.02 Å². The highest BCUT2D eigenvalue weighted by molar-refractivity contribution is 7.99. The molecule has 0 saturated carbocycles. The molecule has 0 aliphatic heterocycles. The molecule has 0 aliphatic rings. The summed E-state index contributed by atoms with van der Waals surface area (Å²) in [4.78, 5) is 12.4. The van der Waals surface area contributed by atoms with Crippen molar-refractivity contribution < 1.29 is 4.79 Å². The Hall–Kier alpha value is -3.10. The molecule has 7 nitrogen and oxygen atoms in total. The molecular weight excluding hydrogens is 444 g/mol. The third-order valence-electron chi connectivity index (χ3n) is 4.92. The first-order chi connectivity index (χ1) is 15.6. The van der Waals surface area contributed by atoms with Gasteiger partial charge < -0.3 is 9.88 Å². The van der Waals surface area contributed by atoms with E-state index < -0.39 is 0 Å². The van der Waals surface area contributed by atoms with Crippen molar-refractivity contribution in [1.29, 1.82) is 0 Å². The largest absolute Gasteiger partial charge is 0.351 e. The lowest BCUT2D eigenvalue weighted by Crippen LogP contribution is -2.24. The Labute approximate surface area is 195 Å². The minimum Gasteiger partial charge on any atom is -0.351 e. The van der Waals surface area contributed by atoms with Crippen LogP contribution in [0.25, 0.3) is 22.6 Å². The van der Waals surface area contributed by atoms with E-state index in [1.54, 1.807) is 4.68 Å². The molecule has 9 heteroatoms. The number of carbonyl (C=O) groups is 1. The van der Waals surface area contributed by atoms with Gasteiger partial charge in [0.2, 0.25) is 5.91 Å². The molecular formula is C23H23ClN6OS. The number of hydrogen-bond acceptors (Lipinski definition) is 5. The highest BCUT2D eigenvalue weighted by Gasteiger charge is 2.20. The number of aryl methyl sites for hydroxylation is 1. The topological polar surface area (TPSA) is 77.6 Å². The van der Waals surface area contributed by atoms with Crippen LogP contribution in [0.1, 0.15) is 12.5 Å². The summed E-state index contributed by atoms with van der Waals surface area (Å²) in [5.41, 5.74) is 3.66. The number of amides is 1. The smallest absolute Gasteiger partial charge is 0.230 e. The molecule has 0 fully saturated rings. The maximum atomic E-state index is 12.4. The second-order valence-electron chi connectivity index (χ2n) is 7.14. The fourth-order valence-corrected chi connectivity index (χ4v) is 4.39. The minimum atomic E-state index is -0.0894. The predicted octanol–water partition coefficient (Wildman–Crippen LogP) is 4.43. The molecule has 0 spiro atoms. The van der Waals surface area contributed by atoms with E-state index in [0.29, 0.717) is 23.3 Å². The van der Waals surface area contributed by atoms with Gasteiger partial charge in [0.1, 0.15) is 5.69 Å². The molecule has 0 bridgehead atoms. The van der Waals surface area contributed by atoms with Crippen LogP contribution < -0.4 is 5.32 Å². The molecule has 0 saturated heterocycles.